The van der Waals surface area contributed by atoms with Crippen LogP contribution in [-0.2, 0) is 4.74 Å². The number of benzene rings is 1. The number of carbonyl (C=O) groups is 1. The topological polar surface area (TPSA) is 74.8 Å². The number of aromatic nitrogens is 1. The second-order valence-corrected chi connectivity index (χ2v) is 5.75. The third-order valence-corrected chi connectivity index (χ3v) is 4.32. The lowest BCUT2D eigenvalue weighted by molar-refractivity contribution is 0.0643. The molecule has 0 unspecified atom stereocenters. The lowest BCUT2D eigenvalue weighted by atomic mass is 10.2. The molecule has 1 aromatic heterocycles. The number of aliphatic hydroxyl groups is 1. The molecule has 2 heterocycles. The van der Waals surface area contributed by atoms with Gasteiger partial charge in [0.15, 0.2) is 0 Å². The van der Waals surface area contributed by atoms with E-state index in [9.17, 15) is 9.90 Å². The fourth-order valence-electron chi connectivity index (χ4n) is 3.10. The second-order valence-electron chi connectivity index (χ2n) is 5.75. The number of likely N-dealkylation sites (tertiary alicyclic amines) is 1. The molecule has 0 saturated carbocycles. The summed E-state index contributed by atoms with van der Waals surface area (Å²) in [5, 5.41) is 10.5. The number of hydrogen-bond donors (Lipinski definition) is 2. The van der Waals surface area contributed by atoms with Gasteiger partial charge in [-0.3, -0.25) is 4.79 Å². The van der Waals surface area contributed by atoms with Crippen LogP contribution in [0.15, 0.2) is 24.3 Å². The van der Waals surface area contributed by atoms with E-state index in [2.05, 4.69) is 4.98 Å². The average Bonchev–Trinajstić information content (AvgIpc) is 3.17. The monoisotopic (exact) mass is 318 g/mol. The Morgan fingerprint density at radius 2 is 2.26 bits per heavy atom. The third-order valence-electron chi connectivity index (χ3n) is 4.32. The number of ether oxygens (including phenoxy) is 2. The van der Waals surface area contributed by atoms with Crippen LogP contribution in [-0.4, -0.2) is 59.9 Å². The van der Waals surface area contributed by atoms with Crippen molar-refractivity contribution in [3.8, 4) is 5.75 Å². The number of rotatable bonds is 5. The highest BCUT2D eigenvalue weighted by atomic mass is 16.5. The van der Waals surface area contributed by atoms with E-state index in [0.29, 0.717) is 25.3 Å². The van der Waals surface area contributed by atoms with Crippen LogP contribution in [0.2, 0.25) is 0 Å². The molecule has 0 bridgehead atoms. The number of H-pyrrole nitrogens is 1. The van der Waals surface area contributed by atoms with Crippen molar-refractivity contribution < 1.29 is 19.4 Å². The number of methoxy groups -OCH3 is 1. The van der Waals surface area contributed by atoms with Crippen LogP contribution in [0.1, 0.15) is 23.8 Å². The normalized spacial score (nSPS) is 21.1. The van der Waals surface area contributed by atoms with Gasteiger partial charge in [-0.25, -0.2) is 0 Å². The van der Waals surface area contributed by atoms with Crippen LogP contribution < -0.4 is 4.74 Å². The molecule has 0 spiro atoms. The molecule has 6 nitrogen and oxygen atoms in total. The summed E-state index contributed by atoms with van der Waals surface area (Å²) in [6.07, 6.45) is 0.637. The quantitative estimate of drug-likeness (QED) is 0.881. The first-order valence-electron chi connectivity index (χ1n) is 7.86. The maximum atomic E-state index is 12.8. The minimum absolute atomic E-state index is 0.0231. The Hall–Kier alpha value is -2.05. The van der Waals surface area contributed by atoms with Crippen molar-refractivity contribution in [1.29, 1.82) is 0 Å². The molecule has 6 heteroatoms. The molecule has 23 heavy (non-hydrogen) atoms. The fourth-order valence-corrected chi connectivity index (χ4v) is 3.10. The number of amides is 1. The molecule has 2 aromatic rings. The summed E-state index contributed by atoms with van der Waals surface area (Å²) in [4.78, 5) is 17.6. The Morgan fingerprint density at radius 1 is 1.43 bits per heavy atom. The van der Waals surface area contributed by atoms with Crippen LogP contribution in [0.3, 0.4) is 0 Å². The Labute approximate surface area is 135 Å². The molecular weight excluding hydrogens is 296 g/mol. The van der Waals surface area contributed by atoms with E-state index >= 15 is 0 Å². The van der Waals surface area contributed by atoms with Crippen molar-refractivity contribution >= 4 is 16.8 Å². The number of fused-ring (bicyclic) bond motifs is 1. The van der Waals surface area contributed by atoms with Crippen LogP contribution in [0.25, 0.3) is 10.9 Å². The Kier molecular flexibility index (Phi) is 4.54. The van der Waals surface area contributed by atoms with Gasteiger partial charge in [0.1, 0.15) is 11.4 Å². The van der Waals surface area contributed by atoms with E-state index in [-0.39, 0.29) is 24.7 Å². The number of nitrogens with one attached hydrogen (secondary N) is 1. The predicted octanol–water partition coefficient (Wildman–Crippen LogP) is 1.79. The summed E-state index contributed by atoms with van der Waals surface area (Å²) in [6, 6.07) is 7.35. The van der Waals surface area contributed by atoms with Gasteiger partial charge in [-0.15, -0.1) is 0 Å². The van der Waals surface area contributed by atoms with Crippen LogP contribution in [0.5, 0.6) is 5.75 Å². The second kappa shape index (κ2) is 6.60. The van der Waals surface area contributed by atoms with Crippen LogP contribution >= 0.6 is 0 Å². The molecular formula is C17H22N2O4. The molecule has 0 radical (unpaired) electrons. The number of nitrogens with zero attached hydrogens (tertiary/aromatic N) is 1. The molecule has 3 rings (SSSR count). The van der Waals surface area contributed by atoms with Crippen molar-refractivity contribution in [2.24, 2.45) is 0 Å². The van der Waals surface area contributed by atoms with E-state index in [4.69, 9.17) is 9.47 Å². The Bertz CT molecular complexity index is 697. The van der Waals surface area contributed by atoms with Crippen LogP contribution in [0.4, 0.5) is 0 Å². The zero-order valence-corrected chi connectivity index (χ0v) is 13.4. The van der Waals surface area contributed by atoms with Crippen molar-refractivity contribution in [2.45, 2.75) is 25.5 Å². The highest BCUT2D eigenvalue weighted by Crippen LogP contribution is 2.25. The zero-order valence-electron chi connectivity index (χ0n) is 13.4. The summed E-state index contributed by atoms with van der Waals surface area (Å²) < 4.78 is 10.8. The van der Waals surface area contributed by atoms with Gasteiger partial charge in [-0.05, 0) is 31.5 Å². The van der Waals surface area contributed by atoms with E-state index in [0.717, 1.165) is 16.7 Å². The third kappa shape index (κ3) is 3.04. The lowest BCUT2D eigenvalue weighted by Gasteiger charge is -2.21. The van der Waals surface area contributed by atoms with Crippen molar-refractivity contribution in [3.63, 3.8) is 0 Å². The van der Waals surface area contributed by atoms with E-state index in [1.807, 2.05) is 31.2 Å². The maximum Gasteiger partial charge on any atom is 0.270 e. The summed E-state index contributed by atoms with van der Waals surface area (Å²) in [5.74, 6) is 0.660. The zero-order chi connectivity index (χ0) is 16.4. The van der Waals surface area contributed by atoms with Crippen LogP contribution in [0, 0.1) is 0 Å². The molecule has 0 aliphatic carbocycles. The van der Waals surface area contributed by atoms with Gasteiger partial charge in [0, 0.05) is 30.6 Å². The van der Waals surface area contributed by atoms with E-state index < -0.39 is 0 Å². The first-order valence-corrected chi connectivity index (χ1v) is 7.86. The summed E-state index contributed by atoms with van der Waals surface area (Å²) >= 11 is 0. The smallest absolute Gasteiger partial charge is 0.270 e. The van der Waals surface area contributed by atoms with Gasteiger partial charge in [0.25, 0.3) is 5.91 Å². The van der Waals surface area contributed by atoms with Crippen molar-refractivity contribution in [3.05, 3.63) is 30.0 Å². The molecule has 124 valence electrons. The average molecular weight is 318 g/mol. The summed E-state index contributed by atoms with van der Waals surface area (Å²) in [5.41, 5.74) is 1.38. The molecule has 1 fully saturated rings. The lowest BCUT2D eigenvalue weighted by Crippen LogP contribution is -2.38. The van der Waals surface area contributed by atoms with Gasteiger partial charge < -0.3 is 24.5 Å². The summed E-state index contributed by atoms with van der Waals surface area (Å²) in [7, 11) is 1.63. The van der Waals surface area contributed by atoms with E-state index in [1.54, 1.807) is 12.0 Å². The minimum Gasteiger partial charge on any atom is -0.494 e. The standard InChI is InChI=1S/C17H22N2O4/c1-3-23-13-5-4-11-6-16(18-15(11)8-13)17(21)19-9-14(22-2)7-12(19)10-20/h4-6,8,12,14,18,20H,3,7,9-10H2,1-2H3/t12-,14+/m0/s1. The number of hydrogen-bond acceptors (Lipinski definition) is 4. The van der Waals surface area contributed by atoms with Gasteiger partial charge in [-0.1, -0.05) is 0 Å². The number of aliphatic hydroxyl groups excluding tert-OH is 1. The highest BCUT2D eigenvalue weighted by Gasteiger charge is 2.35. The van der Waals surface area contributed by atoms with Gasteiger partial charge in [0.05, 0.1) is 25.4 Å². The summed E-state index contributed by atoms with van der Waals surface area (Å²) in [6.45, 7) is 2.98. The van der Waals surface area contributed by atoms with E-state index in [1.165, 1.54) is 0 Å². The first kappa shape index (κ1) is 15.8. The molecule has 1 aliphatic rings. The highest BCUT2D eigenvalue weighted by molar-refractivity contribution is 5.98. The fraction of sp³-hybridized carbons (Fsp3) is 0.471. The number of aromatic amines is 1. The molecule has 1 aromatic carbocycles. The SMILES string of the molecule is CCOc1ccc2cc(C(=O)N3C[C@H](OC)C[C@H]3CO)[nH]c2c1. The maximum absolute atomic E-state index is 12.8. The first-order chi connectivity index (χ1) is 11.2. The van der Waals surface area contributed by atoms with Gasteiger partial charge in [-0.2, -0.15) is 0 Å². The van der Waals surface area contributed by atoms with Gasteiger partial charge in [0.2, 0.25) is 0 Å². The van der Waals surface area contributed by atoms with Crippen molar-refractivity contribution in [2.75, 3.05) is 26.9 Å². The predicted molar refractivity (Wildman–Crippen MR) is 86.8 cm³/mol. The number of carbonyl (C=O) groups excluding carboxylic acids is 1. The molecule has 2 atom stereocenters. The van der Waals surface area contributed by atoms with Crippen molar-refractivity contribution in [1.82, 2.24) is 9.88 Å². The Morgan fingerprint density at radius 3 is 2.96 bits per heavy atom. The Balaban J connectivity index is 1.85. The largest absolute Gasteiger partial charge is 0.494 e. The molecule has 1 aliphatic heterocycles. The molecule has 1 saturated heterocycles. The molecule has 2 N–H and O–H groups in total. The molecule has 1 amide bonds. The van der Waals surface area contributed by atoms with Gasteiger partial charge >= 0.3 is 0 Å². The minimum atomic E-state index is -0.196.